The fourth-order valence-electron chi connectivity index (χ4n) is 2.04. The van der Waals surface area contributed by atoms with Crippen LogP contribution in [0.5, 0.6) is 5.75 Å². The van der Waals surface area contributed by atoms with Crippen molar-refractivity contribution in [2.45, 2.75) is 33.4 Å². The summed E-state index contributed by atoms with van der Waals surface area (Å²) in [6, 6.07) is 5.98. The SMILES string of the molecule is COc1ccc(/C(N)=N/O)cc1CN(C)C(C)C(C)C. The molecule has 1 rings (SSSR count). The summed E-state index contributed by atoms with van der Waals surface area (Å²) in [6.45, 7) is 7.34. The number of ether oxygens (including phenoxy) is 1. The van der Waals surface area contributed by atoms with Gasteiger partial charge in [0.1, 0.15) is 5.75 Å². The molecule has 0 aliphatic rings. The molecule has 5 heteroatoms. The molecule has 0 saturated heterocycles. The van der Waals surface area contributed by atoms with Crippen molar-refractivity contribution in [1.82, 2.24) is 4.90 Å². The minimum Gasteiger partial charge on any atom is -0.496 e. The highest BCUT2D eigenvalue weighted by Gasteiger charge is 2.16. The Kier molecular flexibility index (Phi) is 5.82. The summed E-state index contributed by atoms with van der Waals surface area (Å²) in [5.41, 5.74) is 7.35. The van der Waals surface area contributed by atoms with Gasteiger partial charge < -0.3 is 15.7 Å². The van der Waals surface area contributed by atoms with E-state index in [1.807, 2.05) is 12.1 Å². The lowest BCUT2D eigenvalue weighted by atomic mass is 10.0. The smallest absolute Gasteiger partial charge is 0.170 e. The minimum absolute atomic E-state index is 0.105. The number of nitrogens with zero attached hydrogens (tertiary/aromatic N) is 2. The normalized spacial score (nSPS) is 13.8. The Morgan fingerprint density at radius 2 is 2.05 bits per heavy atom. The first kappa shape index (κ1) is 16.3. The highest BCUT2D eigenvalue weighted by Crippen LogP contribution is 2.23. The molecule has 1 aromatic carbocycles. The van der Waals surface area contributed by atoms with Gasteiger partial charge >= 0.3 is 0 Å². The molecular formula is C15H25N3O2. The Hall–Kier alpha value is -1.75. The Balaban J connectivity index is 3.02. The first-order chi connectivity index (χ1) is 9.40. The van der Waals surface area contributed by atoms with Crippen LogP contribution in [0, 0.1) is 5.92 Å². The molecule has 1 aromatic rings. The summed E-state index contributed by atoms with van der Waals surface area (Å²) in [7, 11) is 3.73. The molecule has 1 atom stereocenters. The molecule has 0 bridgehead atoms. The van der Waals surface area contributed by atoms with Crippen molar-refractivity contribution in [3.8, 4) is 5.75 Å². The second-order valence-corrected chi connectivity index (χ2v) is 5.41. The fourth-order valence-corrected chi connectivity index (χ4v) is 2.04. The average Bonchev–Trinajstić information content (AvgIpc) is 2.45. The fraction of sp³-hybridized carbons (Fsp3) is 0.533. The van der Waals surface area contributed by atoms with E-state index >= 15 is 0 Å². The van der Waals surface area contributed by atoms with Crippen molar-refractivity contribution in [2.75, 3.05) is 14.2 Å². The third-order valence-electron chi connectivity index (χ3n) is 3.76. The molecule has 0 fully saturated rings. The van der Waals surface area contributed by atoms with Gasteiger partial charge in [0, 0.05) is 23.7 Å². The predicted molar refractivity (Wildman–Crippen MR) is 81.3 cm³/mol. The summed E-state index contributed by atoms with van der Waals surface area (Å²) < 4.78 is 5.38. The zero-order valence-electron chi connectivity index (χ0n) is 12.9. The van der Waals surface area contributed by atoms with Gasteiger partial charge in [-0.2, -0.15) is 0 Å². The van der Waals surface area contributed by atoms with Gasteiger partial charge in [-0.25, -0.2) is 0 Å². The molecule has 0 aliphatic heterocycles. The number of nitrogens with two attached hydrogens (primary N) is 1. The molecule has 0 saturated carbocycles. The average molecular weight is 279 g/mol. The van der Waals surface area contributed by atoms with Crippen LogP contribution in [0.15, 0.2) is 23.4 Å². The number of amidine groups is 1. The van der Waals surface area contributed by atoms with E-state index in [1.54, 1.807) is 13.2 Å². The Bertz CT molecular complexity index is 472. The summed E-state index contributed by atoms with van der Waals surface area (Å²) in [6.07, 6.45) is 0. The zero-order chi connectivity index (χ0) is 15.3. The summed E-state index contributed by atoms with van der Waals surface area (Å²) in [5, 5.41) is 11.8. The number of rotatable bonds is 6. The van der Waals surface area contributed by atoms with Crippen molar-refractivity contribution in [3.63, 3.8) is 0 Å². The van der Waals surface area contributed by atoms with Gasteiger partial charge in [0.15, 0.2) is 5.84 Å². The molecular weight excluding hydrogens is 254 g/mol. The largest absolute Gasteiger partial charge is 0.496 e. The van der Waals surface area contributed by atoms with Crippen LogP contribution in [0.2, 0.25) is 0 Å². The van der Waals surface area contributed by atoms with Gasteiger partial charge in [0.2, 0.25) is 0 Å². The highest BCUT2D eigenvalue weighted by molar-refractivity contribution is 5.97. The molecule has 0 spiro atoms. The van der Waals surface area contributed by atoms with Gasteiger partial charge in [-0.1, -0.05) is 19.0 Å². The van der Waals surface area contributed by atoms with Gasteiger partial charge in [0.05, 0.1) is 7.11 Å². The van der Waals surface area contributed by atoms with E-state index in [4.69, 9.17) is 15.7 Å². The van der Waals surface area contributed by atoms with E-state index in [2.05, 4.69) is 37.9 Å². The molecule has 0 heterocycles. The van der Waals surface area contributed by atoms with Crippen LogP contribution in [0.25, 0.3) is 0 Å². The van der Waals surface area contributed by atoms with Gasteiger partial charge in [-0.3, -0.25) is 4.90 Å². The monoisotopic (exact) mass is 279 g/mol. The Morgan fingerprint density at radius 1 is 1.40 bits per heavy atom. The van der Waals surface area contributed by atoms with Crippen LogP contribution in [0.1, 0.15) is 31.9 Å². The van der Waals surface area contributed by atoms with Crippen LogP contribution in [0.3, 0.4) is 0 Å². The molecule has 0 aromatic heterocycles. The quantitative estimate of drug-likeness (QED) is 0.363. The van der Waals surface area contributed by atoms with E-state index in [9.17, 15) is 0 Å². The molecule has 20 heavy (non-hydrogen) atoms. The first-order valence-electron chi connectivity index (χ1n) is 6.75. The maximum Gasteiger partial charge on any atom is 0.170 e. The molecule has 0 radical (unpaired) electrons. The van der Waals surface area contributed by atoms with E-state index in [0.29, 0.717) is 17.5 Å². The van der Waals surface area contributed by atoms with E-state index in [0.717, 1.165) is 17.9 Å². The van der Waals surface area contributed by atoms with E-state index < -0.39 is 0 Å². The van der Waals surface area contributed by atoms with Crippen molar-refractivity contribution in [2.24, 2.45) is 16.8 Å². The second-order valence-electron chi connectivity index (χ2n) is 5.41. The molecule has 5 nitrogen and oxygen atoms in total. The van der Waals surface area contributed by atoms with Crippen LogP contribution >= 0.6 is 0 Å². The van der Waals surface area contributed by atoms with Crippen LogP contribution in [-0.2, 0) is 6.54 Å². The predicted octanol–water partition coefficient (Wildman–Crippen LogP) is 2.27. The zero-order valence-corrected chi connectivity index (χ0v) is 12.9. The number of hydrogen-bond acceptors (Lipinski definition) is 4. The Morgan fingerprint density at radius 3 is 2.55 bits per heavy atom. The summed E-state index contributed by atoms with van der Waals surface area (Å²) in [4.78, 5) is 2.26. The summed E-state index contributed by atoms with van der Waals surface area (Å²) >= 11 is 0. The van der Waals surface area contributed by atoms with Crippen molar-refractivity contribution in [1.29, 1.82) is 0 Å². The lowest BCUT2D eigenvalue weighted by Crippen LogP contribution is -2.32. The number of benzene rings is 1. The topological polar surface area (TPSA) is 71.1 Å². The molecule has 0 amide bonds. The van der Waals surface area contributed by atoms with Crippen LogP contribution < -0.4 is 10.5 Å². The van der Waals surface area contributed by atoms with Gasteiger partial charge in [0.25, 0.3) is 0 Å². The van der Waals surface area contributed by atoms with Crippen molar-refractivity contribution >= 4 is 5.84 Å². The van der Waals surface area contributed by atoms with Gasteiger partial charge in [-0.05, 0) is 38.1 Å². The van der Waals surface area contributed by atoms with E-state index in [-0.39, 0.29) is 5.84 Å². The molecule has 0 aliphatic carbocycles. The van der Waals surface area contributed by atoms with Crippen molar-refractivity contribution in [3.05, 3.63) is 29.3 Å². The van der Waals surface area contributed by atoms with Crippen molar-refractivity contribution < 1.29 is 9.94 Å². The number of hydrogen-bond donors (Lipinski definition) is 2. The van der Waals surface area contributed by atoms with E-state index in [1.165, 1.54) is 0 Å². The first-order valence-corrected chi connectivity index (χ1v) is 6.75. The lowest BCUT2D eigenvalue weighted by Gasteiger charge is -2.28. The summed E-state index contributed by atoms with van der Waals surface area (Å²) in [5.74, 6) is 1.48. The number of methoxy groups -OCH3 is 1. The molecule has 112 valence electrons. The molecule has 3 N–H and O–H groups in total. The van der Waals surface area contributed by atoms with Gasteiger partial charge in [-0.15, -0.1) is 0 Å². The third-order valence-corrected chi connectivity index (χ3v) is 3.76. The standard InChI is InChI=1S/C15H25N3O2/c1-10(2)11(3)18(4)9-13-8-12(15(16)17-19)6-7-14(13)20-5/h6-8,10-11,19H,9H2,1-5H3,(H2,16,17). The minimum atomic E-state index is 0.105. The number of oxime groups is 1. The maximum absolute atomic E-state index is 8.77. The second kappa shape index (κ2) is 7.14. The lowest BCUT2D eigenvalue weighted by molar-refractivity contribution is 0.198. The maximum atomic E-state index is 8.77. The Labute approximate surface area is 121 Å². The van der Waals surface area contributed by atoms with Crippen LogP contribution in [0.4, 0.5) is 0 Å². The third kappa shape index (κ3) is 3.87. The highest BCUT2D eigenvalue weighted by atomic mass is 16.5. The molecule has 1 unspecified atom stereocenters. The van der Waals surface area contributed by atoms with Crippen LogP contribution in [-0.4, -0.2) is 36.1 Å².